The molecule has 3 heterocycles. The topological polar surface area (TPSA) is 184 Å². The molecule has 0 unspecified atom stereocenters. The molecule has 48 heavy (non-hydrogen) atoms. The van der Waals surface area contributed by atoms with E-state index in [-0.39, 0.29) is 30.0 Å². The van der Waals surface area contributed by atoms with Gasteiger partial charge in [0.25, 0.3) is 5.69 Å². The average molecular weight is 656 g/mol. The monoisotopic (exact) mass is 655 g/mol. The number of nitrogens with zero attached hydrogens (tertiary/aromatic N) is 3. The number of nitrogens with two attached hydrogens (primary N) is 1. The number of nitrogens with one attached hydrogen (secondary N) is 3. The number of likely N-dealkylation sites (N-methyl/N-ethyl adjacent to an activating group) is 1. The predicted molar refractivity (Wildman–Crippen MR) is 179 cm³/mol. The molecule has 0 bridgehead atoms. The van der Waals surface area contributed by atoms with E-state index >= 15 is 0 Å². The number of hydrogen-bond acceptors (Lipinski definition) is 7. The normalized spacial score (nSPS) is 21.7. The summed E-state index contributed by atoms with van der Waals surface area (Å²) in [6.07, 6.45) is 6.00. The van der Waals surface area contributed by atoms with E-state index in [9.17, 15) is 29.3 Å². The number of benzene rings is 2. The molecule has 6 rings (SSSR count). The fourth-order valence-corrected chi connectivity index (χ4v) is 7.36. The van der Waals surface area contributed by atoms with E-state index in [1.54, 1.807) is 26.0 Å². The molecule has 0 radical (unpaired) electrons. The number of aromatic nitrogens is 1. The Hall–Kier alpha value is -5.04. The summed E-state index contributed by atoms with van der Waals surface area (Å²) in [5, 5.41) is 18.2. The zero-order valence-electron chi connectivity index (χ0n) is 27.3. The van der Waals surface area contributed by atoms with Crippen molar-refractivity contribution in [3.63, 3.8) is 0 Å². The highest BCUT2D eigenvalue weighted by Gasteiger charge is 2.40. The van der Waals surface area contributed by atoms with Gasteiger partial charge in [0, 0.05) is 54.8 Å². The lowest BCUT2D eigenvalue weighted by Crippen LogP contribution is -2.59. The van der Waals surface area contributed by atoms with E-state index in [0.29, 0.717) is 31.5 Å². The first-order chi connectivity index (χ1) is 22.9. The summed E-state index contributed by atoms with van der Waals surface area (Å²) in [6.45, 7) is 4.39. The van der Waals surface area contributed by atoms with Gasteiger partial charge < -0.3 is 26.3 Å². The van der Waals surface area contributed by atoms with Crippen LogP contribution in [0, 0.1) is 22.0 Å². The van der Waals surface area contributed by atoms with Crippen molar-refractivity contribution in [1.82, 2.24) is 25.4 Å². The molecular formula is C35H41N7O6. The Bertz CT molecular complexity index is 1800. The summed E-state index contributed by atoms with van der Waals surface area (Å²) in [4.78, 5) is 71.3. The van der Waals surface area contributed by atoms with Crippen LogP contribution in [0.5, 0.6) is 0 Å². The van der Waals surface area contributed by atoms with Crippen molar-refractivity contribution in [2.45, 2.75) is 63.7 Å². The molecule has 1 aromatic heterocycles. The minimum Gasteiger partial charge on any atom is -0.368 e. The molecule has 2 aromatic carbocycles. The Morgan fingerprint density at radius 3 is 2.54 bits per heavy atom. The number of primary amides is 1. The zero-order valence-corrected chi connectivity index (χ0v) is 27.3. The number of nitro benzene ring substituents is 1. The van der Waals surface area contributed by atoms with Gasteiger partial charge in [0.1, 0.15) is 18.1 Å². The van der Waals surface area contributed by atoms with Crippen LogP contribution in [0.1, 0.15) is 43.4 Å². The summed E-state index contributed by atoms with van der Waals surface area (Å²) >= 11 is 0. The standard InChI is InChI=1S/C35H41N7O6/c1-19(2)31(35(46)41-13-5-8-28(41)32(36)43)39-34(45)27(14-20-9-11-23(12-10-20)42(47)48)38-33(44)22-15-25-24-6-4-7-26-30(24)21(17-37-26)16-29(25)40(3)18-22/h4,6-7,9-12,15,17,19,22,27-29,31,37H,5,8,13-14,16,18H2,1-3H3,(H2,36,43)(H,38,44)(H,39,45)/t22-,27+,28+,29-,31+/m1/s1. The predicted octanol–water partition coefficient (Wildman–Crippen LogP) is 2.29. The first kappa shape index (κ1) is 32.9. The van der Waals surface area contributed by atoms with E-state index < -0.39 is 46.7 Å². The Balaban J connectivity index is 1.26. The zero-order chi connectivity index (χ0) is 34.3. The lowest BCUT2D eigenvalue weighted by Gasteiger charge is -2.39. The van der Waals surface area contributed by atoms with Crippen molar-refractivity contribution >= 4 is 45.8 Å². The van der Waals surface area contributed by atoms with Crippen LogP contribution in [0.25, 0.3) is 16.5 Å². The summed E-state index contributed by atoms with van der Waals surface area (Å²) in [6, 6.07) is 9.22. The molecule has 4 amide bonds. The van der Waals surface area contributed by atoms with E-state index in [1.807, 2.05) is 31.5 Å². The minimum absolute atomic E-state index is 0.0377. The largest absolute Gasteiger partial charge is 0.368 e. The van der Waals surface area contributed by atoms with Crippen LogP contribution < -0.4 is 16.4 Å². The van der Waals surface area contributed by atoms with E-state index in [4.69, 9.17) is 5.73 Å². The summed E-state index contributed by atoms with van der Waals surface area (Å²) in [5.41, 5.74) is 10.5. The fraction of sp³-hybridized carbons (Fsp3) is 0.429. The number of aromatic amines is 1. The number of carbonyl (C=O) groups is 4. The number of H-pyrrole nitrogens is 1. The molecule has 0 saturated carbocycles. The Morgan fingerprint density at radius 2 is 1.85 bits per heavy atom. The van der Waals surface area contributed by atoms with Crippen LogP contribution in [-0.4, -0.2) is 87.6 Å². The summed E-state index contributed by atoms with van der Waals surface area (Å²) in [5.74, 6) is -2.80. The van der Waals surface area contributed by atoms with Gasteiger partial charge in [-0.3, -0.25) is 34.2 Å². The average Bonchev–Trinajstić information content (AvgIpc) is 3.72. The lowest BCUT2D eigenvalue weighted by molar-refractivity contribution is -0.384. The van der Waals surface area contributed by atoms with E-state index in [1.165, 1.54) is 22.6 Å². The number of amides is 4. The molecule has 3 aromatic rings. The van der Waals surface area contributed by atoms with Crippen LogP contribution in [-0.2, 0) is 32.0 Å². The Morgan fingerprint density at radius 1 is 1.10 bits per heavy atom. The maximum Gasteiger partial charge on any atom is 0.269 e. The van der Waals surface area contributed by atoms with Gasteiger partial charge in [0.2, 0.25) is 23.6 Å². The van der Waals surface area contributed by atoms with Crippen LogP contribution in [0.3, 0.4) is 0 Å². The first-order valence-electron chi connectivity index (χ1n) is 16.4. The number of hydrogen-bond donors (Lipinski definition) is 4. The molecule has 13 nitrogen and oxygen atoms in total. The first-order valence-corrected chi connectivity index (χ1v) is 16.4. The SMILES string of the molecule is CC(C)[C@H](NC(=O)[C@H](Cc1ccc([N+](=O)[O-])cc1)NC(=O)[C@@H]1C=C2c3cccc4[nH]cc(c34)C[C@H]2N(C)C1)C(=O)N1CCC[C@H]1C(N)=O. The van der Waals surface area contributed by atoms with Gasteiger partial charge in [-0.05, 0) is 60.6 Å². The number of nitro groups is 1. The lowest BCUT2D eigenvalue weighted by atomic mass is 9.79. The molecule has 252 valence electrons. The third kappa shape index (κ3) is 6.29. The molecule has 3 aliphatic rings. The van der Waals surface area contributed by atoms with E-state index in [2.05, 4.69) is 26.6 Å². The Kier molecular flexibility index (Phi) is 9.06. The van der Waals surface area contributed by atoms with Crippen LogP contribution in [0.15, 0.2) is 54.7 Å². The van der Waals surface area contributed by atoms with Crippen LogP contribution >= 0.6 is 0 Å². The highest BCUT2D eigenvalue weighted by molar-refractivity contribution is 6.00. The number of carbonyl (C=O) groups excluding carboxylic acids is 4. The number of non-ortho nitro benzene ring substituents is 1. The molecule has 1 saturated heterocycles. The highest BCUT2D eigenvalue weighted by Crippen LogP contribution is 2.40. The van der Waals surface area contributed by atoms with E-state index in [0.717, 1.165) is 28.5 Å². The maximum absolute atomic E-state index is 14.0. The number of rotatable bonds is 10. The van der Waals surface area contributed by atoms with Gasteiger partial charge in [-0.1, -0.05) is 44.2 Å². The van der Waals surface area contributed by atoms with Gasteiger partial charge >= 0.3 is 0 Å². The van der Waals surface area contributed by atoms with Crippen molar-refractivity contribution < 1.29 is 24.1 Å². The van der Waals surface area contributed by atoms with Crippen molar-refractivity contribution in [1.29, 1.82) is 0 Å². The molecule has 5 N–H and O–H groups in total. The molecule has 1 fully saturated rings. The van der Waals surface area contributed by atoms with Crippen LogP contribution in [0.4, 0.5) is 5.69 Å². The second-order valence-corrected chi connectivity index (χ2v) is 13.4. The smallest absolute Gasteiger partial charge is 0.269 e. The third-order valence-electron chi connectivity index (χ3n) is 9.92. The van der Waals surface area contributed by atoms with Crippen molar-refractivity contribution in [3.8, 4) is 0 Å². The third-order valence-corrected chi connectivity index (χ3v) is 9.92. The molecule has 1 aliphatic carbocycles. The van der Waals surface area contributed by atoms with Crippen molar-refractivity contribution in [2.75, 3.05) is 20.1 Å². The van der Waals surface area contributed by atoms with Gasteiger partial charge in [-0.2, -0.15) is 0 Å². The molecule has 13 heteroatoms. The number of likely N-dealkylation sites (tertiary alicyclic amines) is 1. The summed E-state index contributed by atoms with van der Waals surface area (Å²) < 4.78 is 0. The molecule has 5 atom stereocenters. The second kappa shape index (κ2) is 13.2. The molecule has 2 aliphatic heterocycles. The molecular weight excluding hydrogens is 614 g/mol. The summed E-state index contributed by atoms with van der Waals surface area (Å²) in [7, 11) is 1.99. The second-order valence-electron chi connectivity index (χ2n) is 13.4. The van der Waals surface area contributed by atoms with Crippen molar-refractivity contribution in [3.05, 3.63) is 81.5 Å². The van der Waals surface area contributed by atoms with Crippen LogP contribution in [0.2, 0.25) is 0 Å². The fourth-order valence-electron chi connectivity index (χ4n) is 7.36. The van der Waals surface area contributed by atoms with Crippen molar-refractivity contribution in [2.24, 2.45) is 17.6 Å². The maximum atomic E-state index is 14.0. The number of fused-ring (bicyclic) bond motifs is 2. The quantitative estimate of drug-likeness (QED) is 0.191. The van der Waals surface area contributed by atoms with Gasteiger partial charge in [0.05, 0.1) is 10.8 Å². The Labute approximate surface area is 278 Å². The minimum atomic E-state index is -1.09. The van der Waals surface area contributed by atoms with Gasteiger partial charge in [-0.15, -0.1) is 0 Å². The van der Waals surface area contributed by atoms with Gasteiger partial charge in [-0.25, -0.2) is 0 Å². The highest BCUT2D eigenvalue weighted by atomic mass is 16.6. The molecule has 0 spiro atoms. The van der Waals surface area contributed by atoms with Gasteiger partial charge in [0.15, 0.2) is 0 Å².